The lowest BCUT2D eigenvalue weighted by Crippen LogP contribution is -2.52. The van der Waals surface area contributed by atoms with E-state index in [0.717, 1.165) is 20.2 Å². The second-order valence-electron chi connectivity index (χ2n) is 9.85. The van der Waals surface area contributed by atoms with Crippen LogP contribution in [0.3, 0.4) is 0 Å². The Morgan fingerprint density at radius 1 is 0.956 bits per heavy atom. The minimum atomic E-state index is -1.56. The molecule has 18 heteroatoms. The van der Waals surface area contributed by atoms with E-state index in [-0.39, 0.29) is 37.1 Å². The summed E-state index contributed by atoms with van der Waals surface area (Å²) in [4.78, 5) is 96.1. The van der Waals surface area contributed by atoms with Crippen LogP contribution in [0, 0.1) is 3.57 Å². The maximum absolute atomic E-state index is 12.8. The van der Waals surface area contributed by atoms with Crippen LogP contribution in [0.2, 0.25) is 0 Å². The minimum absolute atomic E-state index is 0.143. The van der Waals surface area contributed by atoms with Crippen LogP contribution in [0.5, 0.6) is 0 Å². The Bertz CT molecular complexity index is 1300. The van der Waals surface area contributed by atoms with Crippen molar-refractivity contribution in [2.24, 2.45) is 0 Å². The molecule has 2 rings (SSSR count). The molecular formula is C27H34IN5O11S. The number of hydrogen-bond donors (Lipinski definition) is 7. The van der Waals surface area contributed by atoms with Gasteiger partial charge in [-0.05, 0) is 66.5 Å². The zero-order chi connectivity index (χ0) is 33.5. The van der Waals surface area contributed by atoms with Crippen LogP contribution in [0.1, 0.15) is 48.9 Å². The number of thioether (sulfide) groups is 1. The number of rotatable bonds is 19. The van der Waals surface area contributed by atoms with E-state index in [9.17, 15) is 43.5 Å². The van der Waals surface area contributed by atoms with Gasteiger partial charge in [-0.2, -0.15) is 0 Å². The molecule has 1 fully saturated rings. The quantitative estimate of drug-likeness (QED) is 0.0569. The number of unbranched alkanes of at least 4 members (excludes halogenated alkanes) is 2. The number of urea groups is 1. The maximum Gasteiger partial charge on any atom is 0.327 e. The first-order valence-electron chi connectivity index (χ1n) is 13.8. The monoisotopic (exact) mass is 761 g/mol. The van der Waals surface area contributed by atoms with Crippen molar-refractivity contribution in [3.63, 3.8) is 0 Å². The van der Waals surface area contributed by atoms with Gasteiger partial charge in [-0.15, -0.1) is 11.8 Å². The number of likely N-dealkylation sites (tertiary alicyclic amines) is 1. The number of carboxylic acids is 3. The number of carbonyl (C=O) groups is 8. The summed E-state index contributed by atoms with van der Waals surface area (Å²) in [6.07, 6.45) is 0.535. The molecule has 1 aliphatic heterocycles. The normalized spacial score (nSPS) is 15.6. The lowest BCUT2D eigenvalue weighted by atomic mass is 10.1. The molecule has 16 nitrogen and oxygen atoms in total. The van der Waals surface area contributed by atoms with E-state index in [0.29, 0.717) is 31.4 Å². The molecule has 0 aromatic heterocycles. The van der Waals surface area contributed by atoms with Crippen LogP contribution in [-0.4, -0.2) is 111 Å². The van der Waals surface area contributed by atoms with Crippen LogP contribution < -0.4 is 21.3 Å². The van der Waals surface area contributed by atoms with Crippen LogP contribution in [0.15, 0.2) is 24.3 Å². The van der Waals surface area contributed by atoms with Crippen LogP contribution >= 0.6 is 34.4 Å². The van der Waals surface area contributed by atoms with Crippen molar-refractivity contribution in [1.29, 1.82) is 0 Å². The van der Waals surface area contributed by atoms with E-state index in [2.05, 4.69) is 38.5 Å². The highest BCUT2D eigenvalue weighted by Gasteiger charge is 2.39. The summed E-state index contributed by atoms with van der Waals surface area (Å²) in [7, 11) is 0. The van der Waals surface area contributed by atoms with Crippen molar-refractivity contribution >= 4 is 81.9 Å². The molecular weight excluding hydrogens is 727 g/mol. The number of imide groups is 1. The molecule has 0 spiro atoms. The van der Waals surface area contributed by atoms with Crippen molar-refractivity contribution < 1.29 is 53.7 Å². The third-order valence-electron chi connectivity index (χ3n) is 6.40. The van der Waals surface area contributed by atoms with E-state index < -0.39 is 65.9 Å². The van der Waals surface area contributed by atoms with Crippen molar-refractivity contribution in [3.05, 3.63) is 33.4 Å². The van der Waals surface area contributed by atoms with Gasteiger partial charge in [-0.1, -0.05) is 6.07 Å². The smallest absolute Gasteiger partial charge is 0.327 e. The molecule has 6 amide bonds. The Morgan fingerprint density at radius 2 is 1.64 bits per heavy atom. The first-order chi connectivity index (χ1) is 21.3. The van der Waals surface area contributed by atoms with Gasteiger partial charge >= 0.3 is 23.9 Å². The number of nitrogens with one attached hydrogen (secondary N) is 4. The van der Waals surface area contributed by atoms with E-state index in [1.54, 1.807) is 18.2 Å². The molecule has 7 N–H and O–H groups in total. The number of halogens is 1. The third kappa shape index (κ3) is 13.3. The molecule has 3 atom stereocenters. The summed E-state index contributed by atoms with van der Waals surface area (Å²) in [5, 5.41) is 35.8. The van der Waals surface area contributed by atoms with Gasteiger partial charge in [0.1, 0.15) is 12.1 Å². The predicted molar refractivity (Wildman–Crippen MR) is 167 cm³/mol. The largest absolute Gasteiger partial charge is 0.481 e. The van der Waals surface area contributed by atoms with Gasteiger partial charge in [-0.25, -0.2) is 14.4 Å². The highest BCUT2D eigenvalue weighted by molar-refractivity contribution is 14.1. The number of nitrogens with zero attached hydrogens (tertiary/aromatic N) is 1. The summed E-state index contributed by atoms with van der Waals surface area (Å²) in [6, 6.07) is 2.71. The second kappa shape index (κ2) is 18.8. The summed E-state index contributed by atoms with van der Waals surface area (Å²) in [5.41, 5.74) is 0.449. The molecule has 45 heavy (non-hydrogen) atoms. The van der Waals surface area contributed by atoms with E-state index >= 15 is 0 Å². The number of carboxylic acid groups (broad SMARTS) is 3. The average molecular weight is 762 g/mol. The van der Waals surface area contributed by atoms with Gasteiger partial charge in [0.15, 0.2) is 0 Å². The first kappa shape index (κ1) is 37.2. The van der Waals surface area contributed by atoms with Gasteiger partial charge in [0.05, 0.1) is 11.8 Å². The van der Waals surface area contributed by atoms with E-state index in [4.69, 9.17) is 10.2 Å². The van der Waals surface area contributed by atoms with Crippen molar-refractivity contribution in [3.8, 4) is 0 Å². The predicted octanol–water partition coefficient (Wildman–Crippen LogP) is 0.239. The fourth-order valence-electron chi connectivity index (χ4n) is 4.04. The number of hydrogen-bond acceptors (Lipinski definition) is 9. The molecule has 1 aromatic rings. The fourth-order valence-corrected chi connectivity index (χ4v) is 5.77. The SMILES string of the molecule is O=C(O)CC[C@H](NC(=O)N[C@@H](CSC1CC(=O)N(CCCCCNC(=O)CNC(=O)c2cccc([125I])c2)C1=O)C(=O)O)C(=O)O. The van der Waals surface area contributed by atoms with Gasteiger partial charge in [0.25, 0.3) is 5.91 Å². The molecule has 0 saturated carbocycles. The van der Waals surface area contributed by atoms with Crippen molar-refractivity contribution in [2.45, 2.75) is 55.9 Å². The number of aliphatic carboxylic acids is 3. The number of benzene rings is 1. The van der Waals surface area contributed by atoms with Crippen molar-refractivity contribution in [2.75, 3.05) is 25.4 Å². The highest BCUT2D eigenvalue weighted by Crippen LogP contribution is 2.26. The van der Waals surface area contributed by atoms with Crippen LogP contribution in [0.25, 0.3) is 0 Å². The minimum Gasteiger partial charge on any atom is -0.481 e. The molecule has 1 saturated heterocycles. The van der Waals surface area contributed by atoms with Crippen molar-refractivity contribution in [1.82, 2.24) is 26.2 Å². The van der Waals surface area contributed by atoms with Gasteiger partial charge in [0.2, 0.25) is 17.7 Å². The van der Waals surface area contributed by atoms with Gasteiger partial charge < -0.3 is 36.6 Å². The zero-order valence-corrected chi connectivity index (χ0v) is 26.9. The van der Waals surface area contributed by atoms with E-state index in [1.807, 2.05) is 11.4 Å². The zero-order valence-electron chi connectivity index (χ0n) is 24.0. The summed E-state index contributed by atoms with van der Waals surface area (Å²) in [5.74, 6) is -6.14. The lowest BCUT2D eigenvalue weighted by Gasteiger charge is -2.19. The summed E-state index contributed by atoms with van der Waals surface area (Å²) in [6.45, 7) is 0.297. The Kier molecular flexibility index (Phi) is 15.5. The molecule has 0 bridgehead atoms. The second-order valence-corrected chi connectivity index (χ2v) is 12.3. The topological polar surface area (TPSA) is 249 Å². The van der Waals surface area contributed by atoms with Gasteiger partial charge in [0, 0.05) is 40.8 Å². The number of amides is 6. The highest BCUT2D eigenvalue weighted by atomic mass is 125. The fraction of sp³-hybridized carbons (Fsp3) is 0.481. The standard InChI is InChI=1S/C27H34IN5O11S/c28-16-6-4-5-15(11-16)23(38)30-13-20(34)29-9-2-1-3-10-33-21(35)12-19(24(33)39)45-14-18(26(42)43)32-27(44)31-17(25(40)41)7-8-22(36)37/h4-6,11,17-19H,1-3,7-10,12-14H2,(H,29,34)(H,30,38)(H,36,37)(H,40,41)(H,42,43)(H2,31,32,44)/t17-,18-,19?/m0/s1/i28-2. The Hall–Kier alpha value is -3.94. The molecule has 1 aromatic carbocycles. The molecule has 0 aliphatic carbocycles. The lowest BCUT2D eigenvalue weighted by molar-refractivity contribution is -0.141. The first-order valence-corrected chi connectivity index (χ1v) is 15.9. The molecule has 1 heterocycles. The summed E-state index contributed by atoms with van der Waals surface area (Å²) >= 11 is 2.95. The Labute approximate surface area is 275 Å². The summed E-state index contributed by atoms with van der Waals surface area (Å²) < 4.78 is 0.893. The van der Waals surface area contributed by atoms with Crippen LogP contribution in [-0.2, 0) is 28.8 Å². The average Bonchev–Trinajstić information content (AvgIpc) is 3.24. The van der Waals surface area contributed by atoms with E-state index in [1.165, 1.54) is 0 Å². The third-order valence-corrected chi connectivity index (χ3v) is 8.36. The molecule has 246 valence electrons. The molecule has 0 radical (unpaired) electrons. The molecule has 1 aliphatic rings. The molecule has 1 unspecified atom stereocenters. The number of carbonyl (C=O) groups excluding carboxylic acids is 5. The van der Waals surface area contributed by atoms with Gasteiger partial charge in [-0.3, -0.25) is 28.9 Å². The Balaban J connectivity index is 1.69. The Morgan fingerprint density at radius 3 is 2.29 bits per heavy atom. The maximum atomic E-state index is 12.8. The van der Waals surface area contributed by atoms with Crippen LogP contribution in [0.4, 0.5) is 4.79 Å².